The van der Waals surface area contributed by atoms with Crippen LogP contribution in [0.1, 0.15) is 33.6 Å². The van der Waals surface area contributed by atoms with E-state index in [0.29, 0.717) is 18.6 Å². The Hall–Kier alpha value is -0.310. The van der Waals surface area contributed by atoms with E-state index in [-0.39, 0.29) is 18.3 Å². The number of amides is 1. The van der Waals surface area contributed by atoms with Crippen LogP contribution in [-0.2, 0) is 14.8 Å². The summed E-state index contributed by atoms with van der Waals surface area (Å²) < 4.78 is 25.7. The number of hydrogen-bond acceptors (Lipinski definition) is 5. The summed E-state index contributed by atoms with van der Waals surface area (Å²) in [6.07, 6.45) is 2.74. The van der Waals surface area contributed by atoms with Crippen LogP contribution in [0.25, 0.3) is 0 Å². The van der Waals surface area contributed by atoms with Gasteiger partial charge >= 0.3 is 0 Å². The van der Waals surface area contributed by atoms with Gasteiger partial charge in [-0.1, -0.05) is 0 Å². The van der Waals surface area contributed by atoms with Crippen LogP contribution in [0, 0.1) is 0 Å². The molecule has 3 N–H and O–H groups in total. The Kier molecular flexibility index (Phi) is 8.72. The molecule has 0 spiro atoms. The van der Waals surface area contributed by atoms with Gasteiger partial charge in [-0.3, -0.25) is 4.79 Å². The molecule has 0 saturated heterocycles. The molecule has 0 bridgehead atoms. The van der Waals surface area contributed by atoms with Crippen molar-refractivity contribution in [2.24, 2.45) is 0 Å². The van der Waals surface area contributed by atoms with Gasteiger partial charge in [0, 0.05) is 12.1 Å². The van der Waals surface area contributed by atoms with Gasteiger partial charge in [0.2, 0.25) is 15.9 Å². The van der Waals surface area contributed by atoms with Crippen LogP contribution in [0.15, 0.2) is 0 Å². The van der Waals surface area contributed by atoms with E-state index in [9.17, 15) is 13.2 Å². The Balaban J connectivity index is 4.81. The van der Waals surface area contributed by atoms with Crippen LogP contribution >= 0.6 is 11.8 Å². The molecule has 0 aliphatic heterocycles. The van der Waals surface area contributed by atoms with Crippen molar-refractivity contribution in [2.45, 2.75) is 45.2 Å². The van der Waals surface area contributed by atoms with Gasteiger partial charge in [-0.2, -0.15) is 11.8 Å². The molecular weight excluding hydrogens is 300 g/mol. The summed E-state index contributed by atoms with van der Waals surface area (Å²) >= 11 is 1.55. The van der Waals surface area contributed by atoms with E-state index >= 15 is 0 Å². The fourth-order valence-corrected chi connectivity index (χ4v) is 2.84. The molecule has 0 aromatic carbocycles. The van der Waals surface area contributed by atoms with E-state index in [1.807, 2.05) is 6.26 Å². The first-order valence-electron chi connectivity index (χ1n) is 6.59. The van der Waals surface area contributed by atoms with E-state index in [0.717, 1.165) is 0 Å². The molecule has 0 rings (SSSR count). The van der Waals surface area contributed by atoms with E-state index in [1.54, 1.807) is 25.6 Å². The summed E-state index contributed by atoms with van der Waals surface area (Å²) in [6.45, 7) is 5.08. The van der Waals surface area contributed by atoms with Gasteiger partial charge < -0.3 is 10.4 Å². The smallest absolute Gasteiger partial charge is 0.238 e. The Labute approximate surface area is 126 Å². The second kappa shape index (κ2) is 8.86. The summed E-state index contributed by atoms with van der Waals surface area (Å²) in [5, 5.41) is 11.7. The molecule has 20 heavy (non-hydrogen) atoms. The van der Waals surface area contributed by atoms with Gasteiger partial charge in [-0.05, 0) is 45.6 Å². The molecule has 1 unspecified atom stereocenters. The number of aliphatic hydroxyl groups is 1. The van der Waals surface area contributed by atoms with Gasteiger partial charge in [0.1, 0.15) is 6.04 Å². The molecule has 0 fully saturated rings. The molecule has 0 saturated carbocycles. The highest BCUT2D eigenvalue weighted by Gasteiger charge is 2.27. The highest BCUT2D eigenvalue weighted by atomic mass is 32.2. The van der Waals surface area contributed by atoms with Crippen LogP contribution in [0.5, 0.6) is 0 Å². The minimum absolute atomic E-state index is 0.0382. The predicted molar refractivity (Wildman–Crippen MR) is 83.3 cm³/mol. The van der Waals surface area contributed by atoms with Crippen molar-refractivity contribution >= 4 is 27.7 Å². The fraction of sp³-hybridized carbons (Fsp3) is 0.917. The predicted octanol–water partition coefficient (Wildman–Crippen LogP) is 0.325. The van der Waals surface area contributed by atoms with Crippen LogP contribution in [0.4, 0.5) is 0 Å². The Morgan fingerprint density at radius 3 is 2.45 bits per heavy atom. The highest BCUT2D eigenvalue weighted by molar-refractivity contribution is 7.98. The second-order valence-corrected chi connectivity index (χ2v) is 8.23. The summed E-state index contributed by atoms with van der Waals surface area (Å²) in [5.41, 5.74) is -0.568. The van der Waals surface area contributed by atoms with Crippen molar-refractivity contribution < 1.29 is 18.3 Å². The third kappa shape index (κ3) is 8.08. The highest BCUT2D eigenvalue weighted by Crippen LogP contribution is 2.10. The average molecular weight is 326 g/mol. The zero-order valence-corrected chi connectivity index (χ0v) is 14.2. The number of rotatable bonds is 10. The summed E-state index contributed by atoms with van der Waals surface area (Å²) in [5.74, 6) is 0.274. The molecule has 6 nitrogen and oxygen atoms in total. The van der Waals surface area contributed by atoms with Gasteiger partial charge in [0.15, 0.2) is 0 Å². The van der Waals surface area contributed by atoms with Crippen molar-refractivity contribution in [3.05, 3.63) is 0 Å². The molecule has 0 heterocycles. The molecule has 0 aliphatic rings. The molecule has 0 aromatic rings. The number of nitrogens with one attached hydrogen (secondary N) is 2. The maximum absolute atomic E-state index is 12.2. The van der Waals surface area contributed by atoms with E-state index < -0.39 is 21.6 Å². The molecule has 1 atom stereocenters. The maximum atomic E-state index is 12.2. The molecule has 120 valence electrons. The van der Waals surface area contributed by atoms with Crippen molar-refractivity contribution in [1.82, 2.24) is 10.0 Å². The third-order valence-corrected chi connectivity index (χ3v) is 4.88. The van der Waals surface area contributed by atoms with Crippen molar-refractivity contribution in [1.29, 1.82) is 0 Å². The lowest BCUT2D eigenvalue weighted by Crippen LogP contribution is -2.53. The lowest BCUT2D eigenvalue weighted by Gasteiger charge is -2.28. The molecular formula is C12H26N2O4S2. The minimum Gasteiger partial charge on any atom is -0.396 e. The zero-order chi connectivity index (χ0) is 15.8. The van der Waals surface area contributed by atoms with E-state index in [4.69, 9.17) is 5.11 Å². The normalized spacial score (nSPS) is 14.1. The van der Waals surface area contributed by atoms with Crippen molar-refractivity contribution in [3.8, 4) is 0 Å². The van der Waals surface area contributed by atoms with Gasteiger partial charge in [0.05, 0.1) is 5.75 Å². The Bertz CT molecular complexity index is 396. The van der Waals surface area contributed by atoms with Crippen molar-refractivity contribution in [3.63, 3.8) is 0 Å². The first kappa shape index (κ1) is 19.7. The molecule has 8 heteroatoms. The molecule has 0 radical (unpaired) electrons. The summed E-state index contributed by atoms with van der Waals surface area (Å²) in [4.78, 5) is 12.2. The number of sulfonamides is 1. The first-order valence-corrected chi connectivity index (χ1v) is 9.64. The van der Waals surface area contributed by atoms with Crippen LogP contribution in [-0.4, -0.2) is 55.4 Å². The van der Waals surface area contributed by atoms with E-state index in [2.05, 4.69) is 10.0 Å². The average Bonchev–Trinajstić information content (AvgIpc) is 2.33. The number of aliphatic hydroxyl groups excluding tert-OH is 1. The van der Waals surface area contributed by atoms with Crippen LogP contribution < -0.4 is 10.0 Å². The Morgan fingerprint density at radius 2 is 2.00 bits per heavy atom. The monoisotopic (exact) mass is 326 g/mol. The molecule has 0 aliphatic carbocycles. The minimum atomic E-state index is -3.43. The number of carbonyl (C=O) groups is 1. The van der Waals surface area contributed by atoms with Gasteiger partial charge in [-0.15, -0.1) is 0 Å². The second-order valence-electron chi connectivity index (χ2n) is 5.20. The standard InChI is InChI=1S/C12H26N2O4S2/c1-5-20(17,18)14-10(6-9-19-4)11(16)13-12(2,3)7-8-15/h10,14-15H,5-9H2,1-4H3,(H,13,16). The van der Waals surface area contributed by atoms with Crippen molar-refractivity contribution in [2.75, 3.05) is 24.4 Å². The summed E-state index contributed by atoms with van der Waals surface area (Å²) in [7, 11) is -3.43. The lowest BCUT2D eigenvalue weighted by atomic mass is 10.0. The maximum Gasteiger partial charge on any atom is 0.238 e. The topological polar surface area (TPSA) is 95.5 Å². The lowest BCUT2D eigenvalue weighted by molar-refractivity contribution is -0.124. The zero-order valence-electron chi connectivity index (χ0n) is 12.6. The number of thioether (sulfide) groups is 1. The quantitative estimate of drug-likeness (QED) is 0.537. The SMILES string of the molecule is CCS(=O)(=O)NC(CCSC)C(=O)NC(C)(C)CCO. The van der Waals surface area contributed by atoms with Crippen LogP contribution in [0.2, 0.25) is 0 Å². The molecule has 1 amide bonds. The van der Waals surface area contributed by atoms with Gasteiger partial charge in [0.25, 0.3) is 0 Å². The summed E-state index contributed by atoms with van der Waals surface area (Å²) in [6, 6.07) is -0.773. The fourth-order valence-electron chi connectivity index (χ4n) is 1.54. The third-order valence-electron chi connectivity index (χ3n) is 2.83. The Morgan fingerprint density at radius 1 is 1.40 bits per heavy atom. The first-order chi connectivity index (χ1) is 9.17. The number of hydrogen-bond donors (Lipinski definition) is 3. The largest absolute Gasteiger partial charge is 0.396 e. The van der Waals surface area contributed by atoms with Gasteiger partial charge in [-0.25, -0.2) is 13.1 Å². The molecule has 0 aromatic heterocycles. The van der Waals surface area contributed by atoms with E-state index in [1.165, 1.54) is 6.92 Å². The van der Waals surface area contributed by atoms with Crippen LogP contribution in [0.3, 0.4) is 0 Å². The number of carbonyl (C=O) groups excluding carboxylic acids is 1.